The number of nitrogens with one attached hydrogen (secondary N) is 2. The SMILES string of the molecule is CN=C(NCc1cccc(C)c1)NC1C2CCOC2C12CCCC2. The zero-order valence-electron chi connectivity index (χ0n) is 14.8. The molecule has 1 aliphatic heterocycles. The molecule has 3 atom stereocenters. The van der Waals surface area contributed by atoms with Gasteiger partial charge in [-0.05, 0) is 31.7 Å². The van der Waals surface area contributed by atoms with Gasteiger partial charge in [-0.3, -0.25) is 4.99 Å². The molecule has 3 aliphatic rings. The molecule has 2 aliphatic carbocycles. The largest absolute Gasteiger partial charge is 0.377 e. The lowest BCUT2D eigenvalue weighted by Gasteiger charge is -2.57. The number of guanidine groups is 1. The van der Waals surface area contributed by atoms with E-state index in [0.29, 0.717) is 23.5 Å². The van der Waals surface area contributed by atoms with Crippen molar-refractivity contribution in [2.45, 2.75) is 57.7 Å². The molecule has 1 saturated heterocycles. The van der Waals surface area contributed by atoms with E-state index in [-0.39, 0.29) is 0 Å². The van der Waals surface area contributed by atoms with E-state index in [0.717, 1.165) is 19.1 Å². The highest BCUT2D eigenvalue weighted by Gasteiger charge is 2.65. The average molecular weight is 327 g/mol. The lowest BCUT2D eigenvalue weighted by molar-refractivity contribution is -0.125. The van der Waals surface area contributed by atoms with Crippen molar-refractivity contribution >= 4 is 5.96 Å². The molecule has 1 aromatic rings. The maximum absolute atomic E-state index is 6.08. The van der Waals surface area contributed by atoms with Crippen molar-refractivity contribution < 1.29 is 4.74 Å². The van der Waals surface area contributed by atoms with Crippen molar-refractivity contribution in [1.29, 1.82) is 0 Å². The fraction of sp³-hybridized carbons (Fsp3) is 0.650. The fourth-order valence-electron chi connectivity index (χ4n) is 5.25. The first-order valence-electron chi connectivity index (χ1n) is 9.37. The highest BCUT2D eigenvalue weighted by atomic mass is 16.5. The summed E-state index contributed by atoms with van der Waals surface area (Å²) >= 11 is 0. The summed E-state index contributed by atoms with van der Waals surface area (Å²) in [5.74, 6) is 1.60. The Labute approximate surface area is 145 Å². The van der Waals surface area contributed by atoms with Gasteiger partial charge in [0, 0.05) is 37.6 Å². The Balaban J connectivity index is 1.41. The number of hydrogen-bond acceptors (Lipinski definition) is 2. The second kappa shape index (κ2) is 6.40. The van der Waals surface area contributed by atoms with Gasteiger partial charge < -0.3 is 15.4 Å². The highest BCUT2D eigenvalue weighted by Crippen LogP contribution is 2.60. The van der Waals surface area contributed by atoms with Gasteiger partial charge in [0.1, 0.15) is 0 Å². The molecule has 0 radical (unpaired) electrons. The molecule has 24 heavy (non-hydrogen) atoms. The summed E-state index contributed by atoms with van der Waals surface area (Å²) in [5.41, 5.74) is 2.96. The van der Waals surface area contributed by atoms with Gasteiger partial charge >= 0.3 is 0 Å². The van der Waals surface area contributed by atoms with Gasteiger partial charge in [0.2, 0.25) is 0 Å². The molecule has 0 bridgehead atoms. The lowest BCUT2D eigenvalue weighted by Crippen LogP contribution is -2.69. The first-order valence-corrected chi connectivity index (χ1v) is 9.37. The Morgan fingerprint density at radius 1 is 1.33 bits per heavy atom. The Morgan fingerprint density at radius 3 is 2.92 bits per heavy atom. The highest BCUT2D eigenvalue weighted by molar-refractivity contribution is 5.80. The number of aryl methyl sites for hydroxylation is 1. The summed E-state index contributed by atoms with van der Waals surface area (Å²) in [6, 6.07) is 9.16. The molecular weight excluding hydrogens is 298 g/mol. The minimum Gasteiger partial charge on any atom is -0.377 e. The quantitative estimate of drug-likeness (QED) is 0.663. The van der Waals surface area contributed by atoms with Crippen molar-refractivity contribution in [2.75, 3.05) is 13.7 Å². The smallest absolute Gasteiger partial charge is 0.191 e. The van der Waals surface area contributed by atoms with E-state index < -0.39 is 0 Å². The normalized spacial score (nSPS) is 30.9. The van der Waals surface area contributed by atoms with E-state index >= 15 is 0 Å². The topological polar surface area (TPSA) is 45.7 Å². The van der Waals surface area contributed by atoms with Crippen LogP contribution < -0.4 is 10.6 Å². The molecule has 0 aromatic heterocycles. The van der Waals surface area contributed by atoms with Gasteiger partial charge in [-0.15, -0.1) is 0 Å². The van der Waals surface area contributed by atoms with E-state index in [2.05, 4.69) is 46.8 Å². The van der Waals surface area contributed by atoms with Gasteiger partial charge in [0.05, 0.1) is 6.10 Å². The van der Waals surface area contributed by atoms with Crippen LogP contribution >= 0.6 is 0 Å². The maximum Gasteiger partial charge on any atom is 0.191 e. The maximum atomic E-state index is 6.08. The van der Waals surface area contributed by atoms with Gasteiger partial charge in [-0.1, -0.05) is 42.7 Å². The number of aliphatic imine (C=N–C) groups is 1. The van der Waals surface area contributed by atoms with Crippen LogP contribution in [0.4, 0.5) is 0 Å². The first kappa shape index (κ1) is 15.9. The summed E-state index contributed by atoms with van der Waals surface area (Å²) < 4.78 is 6.08. The van der Waals surface area contributed by atoms with Crippen LogP contribution in [0.15, 0.2) is 29.3 Å². The van der Waals surface area contributed by atoms with Crippen LogP contribution in [0.25, 0.3) is 0 Å². The zero-order valence-corrected chi connectivity index (χ0v) is 14.8. The Bertz CT molecular complexity index is 621. The molecule has 0 amide bonds. The fourth-order valence-corrected chi connectivity index (χ4v) is 5.25. The van der Waals surface area contributed by atoms with Crippen LogP contribution in [0.5, 0.6) is 0 Å². The van der Waals surface area contributed by atoms with Crippen LogP contribution in [0, 0.1) is 18.3 Å². The minimum atomic E-state index is 0.363. The van der Waals surface area contributed by atoms with Crippen molar-refractivity contribution in [1.82, 2.24) is 10.6 Å². The van der Waals surface area contributed by atoms with Crippen LogP contribution in [-0.4, -0.2) is 31.8 Å². The third-order valence-electron chi connectivity index (χ3n) is 6.34. The van der Waals surface area contributed by atoms with Crippen molar-refractivity contribution in [3.63, 3.8) is 0 Å². The van der Waals surface area contributed by atoms with Gasteiger partial charge in [-0.2, -0.15) is 0 Å². The molecule has 1 heterocycles. The number of fused-ring (bicyclic) bond motifs is 2. The monoisotopic (exact) mass is 327 g/mol. The van der Waals surface area contributed by atoms with Crippen LogP contribution in [0.2, 0.25) is 0 Å². The molecule has 4 rings (SSSR count). The molecular formula is C20H29N3O. The van der Waals surface area contributed by atoms with E-state index in [9.17, 15) is 0 Å². The third kappa shape index (κ3) is 2.61. The lowest BCUT2D eigenvalue weighted by atomic mass is 9.54. The summed E-state index contributed by atoms with van der Waals surface area (Å²) in [5, 5.41) is 7.25. The van der Waals surface area contributed by atoms with E-state index in [1.54, 1.807) is 0 Å². The predicted octanol–water partition coefficient (Wildman–Crippen LogP) is 3.01. The number of benzene rings is 1. The van der Waals surface area contributed by atoms with E-state index in [1.165, 1.54) is 43.2 Å². The summed E-state index contributed by atoms with van der Waals surface area (Å²) in [7, 11) is 1.87. The van der Waals surface area contributed by atoms with Crippen LogP contribution in [-0.2, 0) is 11.3 Å². The standard InChI is InChI=1S/C20H29N3O/c1-14-6-5-7-15(12-14)13-22-19(21-2)23-17-16-8-11-24-18(16)20(17)9-3-4-10-20/h5-7,12,16-18H,3-4,8-11,13H2,1-2H3,(H2,21,22,23). The molecule has 2 N–H and O–H groups in total. The minimum absolute atomic E-state index is 0.363. The molecule has 3 fully saturated rings. The Kier molecular flexibility index (Phi) is 4.25. The van der Waals surface area contributed by atoms with Crippen molar-refractivity contribution in [2.24, 2.45) is 16.3 Å². The molecule has 1 spiro atoms. The molecule has 2 saturated carbocycles. The Hall–Kier alpha value is -1.55. The number of hydrogen-bond donors (Lipinski definition) is 2. The number of nitrogens with zero attached hydrogens (tertiary/aromatic N) is 1. The molecule has 1 aromatic carbocycles. The molecule has 4 heteroatoms. The molecule has 4 nitrogen and oxygen atoms in total. The van der Waals surface area contributed by atoms with E-state index in [4.69, 9.17) is 4.74 Å². The molecule has 130 valence electrons. The zero-order chi connectivity index (χ0) is 16.6. The van der Waals surface area contributed by atoms with Crippen molar-refractivity contribution in [3.8, 4) is 0 Å². The second-order valence-electron chi connectivity index (χ2n) is 7.72. The van der Waals surface area contributed by atoms with Gasteiger partial charge in [-0.25, -0.2) is 0 Å². The first-order chi connectivity index (χ1) is 11.7. The van der Waals surface area contributed by atoms with E-state index in [1.807, 2.05) is 7.05 Å². The third-order valence-corrected chi connectivity index (χ3v) is 6.34. The predicted molar refractivity (Wildman–Crippen MR) is 97.0 cm³/mol. The number of rotatable bonds is 3. The number of ether oxygens (including phenoxy) is 1. The summed E-state index contributed by atoms with van der Waals surface area (Å²) in [6.45, 7) is 3.88. The molecule has 3 unspecified atom stereocenters. The summed E-state index contributed by atoms with van der Waals surface area (Å²) in [6.07, 6.45) is 6.99. The van der Waals surface area contributed by atoms with Crippen LogP contribution in [0.1, 0.15) is 43.2 Å². The van der Waals surface area contributed by atoms with Crippen molar-refractivity contribution in [3.05, 3.63) is 35.4 Å². The summed E-state index contributed by atoms with van der Waals surface area (Å²) in [4.78, 5) is 4.47. The Morgan fingerprint density at radius 2 is 2.17 bits per heavy atom. The van der Waals surface area contributed by atoms with Gasteiger partial charge in [0.25, 0.3) is 0 Å². The van der Waals surface area contributed by atoms with Crippen LogP contribution in [0.3, 0.4) is 0 Å². The van der Waals surface area contributed by atoms with Gasteiger partial charge in [0.15, 0.2) is 5.96 Å². The average Bonchev–Trinajstić information content (AvgIpc) is 3.23. The second-order valence-corrected chi connectivity index (χ2v) is 7.72.